The first-order valence-corrected chi connectivity index (χ1v) is 11.7. The molecule has 33 heavy (non-hydrogen) atoms. The third kappa shape index (κ3) is 3.89. The highest BCUT2D eigenvalue weighted by Crippen LogP contribution is 2.47. The molecule has 0 unspecified atom stereocenters. The van der Waals surface area contributed by atoms with Crippen LogP contribution >= 0.6 is 15.9 Å². The maximum atomic E-state index is 6.50. The molecule has 2 aliphatic rings. The fourth-order valence-corrected chi connectivity index (χ4v) is 4.69. The van der Waals surface area contributed by atoms with Crippen LogP contribution in [0.25, 0.3) is 0 Å². The molecule has 4 aromatic rings. The summed E-state index contributed by atoms with van der Waals surface area (Å²) in [6, 6.07) is 34.6. The number of rotatable bonds is 4. The van der Waals surface area contributed by atoms with E-state index in [9.17, 15) is 0 Å². The van der Waals surface area contributed by atoms with Crippen LogP contribution in [0.5, 0.6) is 17.2 Å². The molecule has 2 aliphatic heterocycles. The summed E-state index contributed by atoms with van der Waals surface area (Å²) in [6.07, 6.45) is 0.496. The molecular formula is C28H21BrN2O2. The van der Waals surface area contributed by atoms with E-state index in [0.717, 1.165) is 45.0 Å². The van der Waals surface area contributed by atoms with E-state index in [2.05, 4.69) is 63.4 Å². The molecule has 0 N–H and O–H groups in total. The minimum atomic E-state index is -0.336. The Morgan fingerprint density at radius 3 is 2.42 bits per heavy atom. The number of hydrogen-bond acceptors (Lipinski definition) is 4. The van der Waals surface area contributed by atoms with Gasteiger partial charge < -0.3 is 9.47 Å². The number of hydrazone groups is 1. The summed E-state index contributed by atoms with van der Waals surface area (Å²) in [6.45, 7) is 0. The first kappa shape index (κ1) is 20.1. The van der Waals surface area contributed by atoms with Gasteiger partial charge in [0, 0.05) is 22.0 Å². The molecule has 6 rings (SSSR count). The van der Waals surface area contributed by atoms with Crippen LogP contribution in [0.1, 0.15) is 35.4 Å². The lowest BCUT2D eigenvalue weighted by atomic mass is 9.96. The molecule has 4 nitrogen and oxygen atoms in total. The van der Waals surface area contributed by atoms with E-state index in [1.165, 1.54) is 5.56 Å². The van der Waals surface area contributed by atoms with Gasteiger partial charge in [0.1, 0.15) is 17.2 Å². The van der Waals surface area contributed by atoms with Crippen LogP contribution in [0.15, 0.2) is 113 Å². The molecular weight excluding hydrogens is 476 g/mol. The number of para-hydroxylation sites is 2. The van der Waals surface area contributed by atoms with Gasteiger partial charge >= 0.3 is 0 Å². The highest BCUT2D eigenvalue weighted by Gasteiger charge is 2.40. The number of hydrogen-bond donors (Lipinski definition) is 0. The van der Waals surface area contributed by atoms with Crippen molar-refractivity contribution in [2.75, 3.05) is 0 Å². The second-order valence-corrected chi connectivity index (χ2v) is 9.06. The molecule has 0 saturated heterocycles. The van der Waals surface area contributed by atoms with Crippen molar-refractivity contribution in [1.29, 1.82) is 0 Å². The predicted molar refractivity (Wildman–Crippen MR) is 133 cm³/mol. The molecule has 2 heterocycles. The van der Waals surface area contributed by atoms with Gasteiger partial charge in [-0.05, 0) is 48.0 Å². The van der Waals surface area contributed by atoms with Gasteiger partial charge in [-0.25, -0.2) is 5.01 Å². The summed E-state index contributed by atoms with van der Waals surface area (Å²) < 4.78 is 13.6. The second-order valence-electron chi connectivity index (χ2n) is 8.15. The summed E-state index contributed by atoms with van der Waals surface area (Å²) in [5.41, 5.74) is 4.37. The highest BCUT2D eigenvalue weighted by molar-refractivity contribution is 9.10. The Balaban J connectivity index is 1.37. The third-order valence-electron chi connectivity index (χ3n) is 6.00. The van der Waals surface area contributed by atoms with Crippen LogP contribution in [0, 0.1) is 0 Å². The minimum absolute atomic E-state index is 0.122. The highest BCUT2D eigenvalue weighted by atomic mass is 79.9. The first-order chi connectivity index (χ1) is 16.2. The average Bonchev–Trinajstić information content (AvgIpc) is 3.31. The van der Waals surface area contributed by atoms with Gasteiger partial charge in [0.25, 0.3) is 0 Å². The van der Waals surface area contributed by atoms with Crippen molar-refractivity contribution in [3.8, 4) is 17.2 Å². The third-order valence-corrected chi connectivity index (χ3v) is 6.53. The average molecular weight is 497 g/mol. The van der Waals surface area contributed by atoms with E-state index in [-0.39, 0.29) is 12.3 Å². The Hall–Kier alpha value is -3.57. The molecule has 0 aliphatic carbocycles. The van der Waals surface area contributed by atoms with Crippen LogP contribution < -0.4 is 9.47 Å². The van der Waals surface area contributed by atoms with Crippen molar-refractivity contribution in [3.63, 3.8) is 0 Å². The Morgan fingerprint density at radius 2 is 1.58 bits per heavy atom. The Kier molecular flexibility index (Phi) is 5.11. The molecule has 0 fully saturated rings. The Bertz CT molecular complexity index is 1320. The molecule has 2 atom stereocenters. The summed E-state index contributed by atoms with van der Waals surface area (Å²) in [4.78, 5) is 0. The standard InChI is InChI=1S/C28H21BrN2O2/c29-21-15-13-19(14-16-21)25-18-26-24-11-4-5-12-27(24)33-28(31(26)30-25)20-7-6-10-23(17-20)32-22-8-2-1-3-9-22/h1-17,26,28H,18H2/t26-,28+/m0/s1. The molecule has 4 aromatic carbocycles. The molecule has 0 radical (unpaired) electrons. The largest absolute Gasteiger partial charge is 0.464 e. The van der Waals surface area contributed by atoms with Gasteiger partial charge in [-0.1, -0.05) is 76.6 Å². The number of nitrogens with zero attached hydrogens (tertiary/aromatic N) is 2. The van der Waals surface area contributed by atoms with E-state index in [4.69, 9.17) is 14.6 Å². The second kappa shape index (κ2) is 8.41. The monoisotopic (exact) mass is 496 g/mol. The van der Waals surface area contributed by atoms with E-state index in [1.807, 2.05) is 60.7 Å². The first-order valence-electron chi connectivity index (χ1n) is 10.9. The Labute approximate surface area is 201 Å². The normalized spacial score (nSPS) is 18.7. The van der Waals surface area contributed by atoms with Crippen LogP contribution in [0.4, 0.5) is 0 Å². The van der Waals surface area contributed by atoms with Crippen LogP contribution in [0.3, 0.4) is 0 Å². The van der Waals surface area contributed by atoms with Crippen molar-refractivity contribution in [2.45, 2.75) is 18.7 Å². The summed E-state index contributed by atoms with van der Waals surface area (Å²) in [5, 5.41) is 7.15. The number of ether oxygens (including phenoxy) is 2. The van der Waals surface area contributed by atoms with Crippen molar-refractivity contribution in [1.82, 2.24) is 5.01 Å². The smallest absolute Gasteiger partial charge is 0.214 e. The van der Waals surface area contributed by atoms with Gasteiger partial charge in [-0.3, -0.25) is 0 Å². The molecule has 162 valence electrons. The van der Waals surface area contributed by atoms with Gasteiger partial charge in [-0.15, -0.1) is 0 Å². The van der Waals surface area contributed by atoms with E-state index < -0.39 is 0 Å². The summed E-state index contributed by atoms with van der Waals surface area (Å²) >= 11 is 3.52. The fraction of sp³-hybridized carbons (Fsp3) is 0.107. The van der Waals surface area contributed by atoms with Crippen molar-refractivity contribution in [2.24, 2.45) is 5.10 Å². The maximum Gasteiger partial charge on any atom is 0.214 e. The lowest BCUT2D eigenvalue weighted by molar-refractivity contribution is -0.0191. The molecule has 0 saturated carbocycles. The molecule has 0 amide bonds. The zero-order valence-corrected chi connectivity index (χ0v) is 19.4. The molecule has 5 heteroatoms. The quantitative estimate of drug-likeness (QED) is 0.293. The molecule has 0 spiro atoms. The van der Waals surface area contributed by atoms with Gasteiger partial charge in [0.15, 0.2) is 0 Å². The van der Waals surface area contributed by atoms with Crippen molar-refractivity contribution >= 4 is 21.6 Å². The van der Waals surface area contributed by atoms with Crippen molar-refractivity contribution < 1.29 is 9.47 Å². The van der Waals surface area contributed by atoms with Crippen LogP contribution in [-0.2, 0) is 0 Å². The Morgan fingerprint density at radius 1 is 0.818 bits per heavy atom. The van der Waals surface area contributed by atoms with Crippen LogP contribution in [0.2, 0.25) is 0 Å². The van der Waals surface area contributed by atoms with Crippen LogP contribution in [-0.4, -0.2) is 10.7 Å². The van der Waals surface area contributed by atoms with Crippen molar-refractivity contribution in [3.05, 3.63) is 124 Å². The zero-order chi connectivity index (χ0) is 22.2. The lowest BCUT2D eigenvalue weighted by Crippen LogP contribution is -2.33. The SMILES string of the molecule is Brc1ccc(C2=NN3[C@@H](c4cccc(Oc5ccccc5)c4)Oc4ccccc4[C@@H]3C2)cc1. The zero-order valence-electron chi connectivity index (χ0n) is 17.8. The fourth-order valence-electron chi connectivity index (χ4n) is 4.43. The van der Waals surface area contributed by atoms with Gasteiger partial charge in [0.05, 0.1) is 11.8 Å². The van der Waals surface area contributed by atoms with Gasteiger partial charge in [0.2, 0.25) is 6.23 Å². The predicted octanol–water partition coefficient (Wildman–Crippen LogP) is 7.48. The number of halogens is 1. The van der Waals surface area contributed by atoms with E-state index in [0.29, 0.717) is 0 Å². The van der Waals surface area contributed by atoms with E-state index in [1.54, 1.807) is 0 Å². The molecule has 0 aromatic heterocycles. The number of benzene rings is 4. The maximum absolute atomic E-state index is 6.50. The summed E-state index contributed by atoms with van der Waals surface area (Å²) in [7, 11) is 0. The molecule has 0 bridgehead atoms. The number of fused-ring (bicyclic) bond motifs is 3. The topological polar surface area (TPSA) is 34.1 Å². The van der Waals surface area contributed by atoms with Gasteiger partial charge in [-0.2, -0.15) is 5.10 Å². The lowest BCUT2D eigenvalue weighted by Gasteiger charge is -2.38. The summed E-state index contributed by atoms with van der Waals surface area (Å²) in [5.74, 6) is 2.48. The van der Waals surface area contributed by atoms with E-state index >= 15 is 0 Å². The minimum Gasteiger partial charge on any atom is -0.464 e.